The molecule has 3 nitrogen and oxygen atoms in total. The molecule has 1 aliphatic rings. The third-order valence-corrected chi connectivity index (χ3v) is 5.45. The lowest BCUT2D eigenvalue weighted by atomic mass is 10.2. The van der Waals surface area contributed by atoms with Gasteiger partial charge in [-0.15, -0.1) is 0 Å². The highest BCUT2D eigenvalue weighted by Gasteiger charge is 2.38. The fourth-order valence-electron chi connectivity index (χ4n) is 2.83. The topological polar surface area (TPSA) is 32.5 Å². The maximum Gasteiger partial charge on any atom is 0.460 e. The van der Waals surface area contributed by atoms with Crippen LogP contribution >= 0.6 is 11.8 Å². The van der Waals surface area contributed by atoms with Crippen LogP contribution in [0.3, 0.4) is 0 Å². The number of para-hydroxylation sites is 1. The highest BCUT2D eigenvalue weighted by molar-refractivity contribution is 7.99. The molecule has 0 amide bonds. The smallest absolute Gasteiger partial charge is 0.398 e. The Morgan fingerprint density at radius 3 is 2.12 bits per heavy atom. The average Bonchev–Trinajstić information content (AvgIpc) is 2.58. The SMILES string of the molecule is Nc1ccccc1Sc1ccccc1CN1CCN(C(F)(F)F)CC1. The van der Waals surface area contributed by atoms with E-state index in [-0.39, 0.29) is 13.1 Å². The lowest BCUT2D eigenvalue weighted by molar-refractivity contribution is -0.252. The molecular formula is C18H20F3N3S. The van der Waals surface area contributed by atoms with Crippen LogP contribution in [-0.2, 0) is 6.54 Å². The number of anilines is 1. The highest BCUT2D eigenvalue weighted by atomic mass is 32.2. The van der Waals surface area contributed by atoms with E-state index < -0.39 is 6.30 Å². The van der Waals surface area contributed by atoms with Gasteiger partial charge >= 0.3 is 6.30 Å². The van der Waals surface area contributed by atoms with Gasteiger partial charge in [-0.05, 0) is 23.8 Å². The van der Waals surface area contributed by atoms with Gasteiger partial charge in [-0.2, -0.15) is 13.2 Å². The van der Waals surface area contributed by atoms with Gasteiger partial charge < -0.3 is 5.73 Å². The van der Waals surface area contributed by atoms with Crippen LogP contribution in [0.1, 0.15) is 5.56 Å². The number of rotatable bonds is 4. The minimum absolute atomic E-state index is 0.0183. The van der Waals surface area contributed by atoms with Crippen LogP contribution in [0.15, 0.2) is 58.3 Å². The van der Waals surface area contributed by atoms with Gasteiger partial charge in [0, 0.05) is 48.2 Å². The number of alkyl halides is 3. The predicted octanol–water partition coefficient (Wildman–Crippen LogP) is 4.06. The van der Waals surface area contributed by atoms with Gasteiger partial charge in [0.05, 0.1) is 0 Å². The van der Waals surface area contributed by atoms with Gasteiger partial charge in [-0.25, -0.2) is 4.90 Å². The van der Waals surface area contributed by atoms with E-state index >= 15 is 0 Å². The Hall–Kier alpha value is -1.70. The monoisotopic (exact) mass is 367 g/mol. The van der Waals surface area contributed by atoms with Gasteiger partial charge in [-0.1, -0.05) is 42.1 Å². The fraction of sp³-hybridized carbons (Fsp3) is 0.333. The van der Waals surface area contributed by atoms with Crippen LogP contribution in [-0.4, -0.2) is 42.3 Å². The second-order valence-corrected chi connectivity index (χ2v) is 7.06. The first-order valence-corrected chi connectivity index (χ1v) is 8.89. The molecule has 7 heteroatoms. The zero-order valence-electron chi connectivity index (χ0n) is 13.7. The molecule has 2 aromatic carbocycles. The van der Waals surface area contributed by atoms with Crippen molar-refractivity contribution < 1.29 is 13.2 Å². The first kappa shape index (κ1) is 18.1. The second-order valence-electron chi connectivity index (χ2n) is 5.98. The van der Waals surface area contributed by atoms with E-state index in [0.717, 1.165) is 21.0 Å². The van der Waals surface area contributed by atoms with Crippen molar-refractivity contribution in [3.05, 3.63) is 54.1 Å². The van der Waals surface area contributed by atoms with Crippen molar-refractivity contribution in [3.8, 4) is 0 Å². The third kappa shape index (κ3) is 4.68. The zero-order chi connectivity index (χ0) is 17.9. The maximum absolute atomic E-state index is 12.7. The summed E-state index contributed by atoms with van der Waals surface area (Å²) in [7, 11) is 0. The number of hydrogen-bond acceptors (Lipinski definition) is 4. The van der Waals surface area contributed by atoms with Crippen LogP contribution in [0.25, 0.3) is 0 Å². The Labute approximate surface area is 149 Å². The molecule has 1 aliphatic heterocycles. The van der Waals surface area contributed by atoms with Gasteiger partial charge in [0.15, 0.2) is 0 Å². The van der Waals surface area contributed by atoms with Gasteiger partial charge in [0.1, 0.15) is 0 Å². The Balaban J connectivity index is 1.67. The number of nitrogens with zero attached hydrogens (tertiary/aromatic N) is 2. The summed E-state index contributed by atoms with van der Waals surface area (Å²) >= 11 is 1.59. The number of halogens is 3. The Morgan fingerprint density at radius 1 is 0.880 bits per heavy atom. The molecule has 0 aliphatic carbocycles. The molecule has 134 valence electrons. The lowest BCUT2D eigenvalue weighted by Crippen LogP contribution is -2.51. The molecular weight excluding hydrogens is 347 g/mol. The van der Waals surface area contributed by atoms with Crippen LogP contribution in [0, 0.1) is 0 Å². The molecule has 0 unspecified atom stereocenters. The Morgan fingerprint density at radius 2 is 1.48 bits per heavy atom. The van der Waals surface area contributed by atoms with E-state index in [4.69, 9.17) is 5.73 Å². The summed E-state index contributed by atoms with van der Waals surface area (Å²) < 4.78 is 38.2. The number of nitrogen functional groups attached to an aromatic ring is 1. The van der Waals surface area contributed by atoms with Crippen molar-refractivity contribution in [1.29, 1.82) is 0 Å². The van der Waals surface area contributed by atoms with Crippen molar-refractivity contribution in [1.82, 2.24) is 9.80 Å². The number of piperazine rings is 1. The van der Waals surface area contributed by atoms with Crippen molar-refractivity contribution >= 4 is 17.4 Å². The quantitative estimate of drug-likeness (QED) is 0.653. The predicted molar refractivity (Wildman–Crippen MR) is 94.3 cm³/mol. The van der Waals surface area contributed by atoms with Crippen LogP contribution < -0.4 is 5.73 Å². The van der Waals surface area contributed by atoms with Crippen LogP contribution in [0.4, 0.5) is 18.9 Å². The number of hydrogen-bond donors (Lipinski definition) is 1. The van der Waals surface area contributed by atoms with Crippen molar-refractivity contribution in [3.63, 3.8) is 0 Å². The molecule has 2 aromatic rings. The van der Waals surface area contributed by atoms with Crippen molar-refractivity contribution in [2.75, 3.05) is 31.9 Å². The molecule has 3 rings (SSSR count). The summed E-state index contributed by atoms with van der Waals surface area (Å²) in [6, 6.07) is 15.6. The first-order valence-electron chi connectivity index (χ1n) is 8.08. The molecule has 1 heterocycles. The molecule has 0 atom stereocenters. The van der Waals surface area contributed by atoms with E-state index in [1.165, 1.54) is 0 Å². The zero-order valence-corrected chi connectivity index (χ0v) is 14.5. The normalized spacial score (nSPS) is 16.9. The molecule has 1 fully saturated rings. The highest BCUT2D eigenvalue weighted by Crippen LogP contribution is 2.34. The minimum atomic E-state index is -4.23. The summed E-state index contributed by atoms with van der Waals surface area (Å²) in [5, 5.41) is 0. The Bertz CT molecular complexity index is 713. The molecule has 2 N–H and O–H groups in total. The number of benzene rings is 2. The number of nitrogens with two attached hydrogens (primary N) is 1. The van der Waals surface area contributed by atoms with E-state index in [9.17, 15) is 13.2 Å². The lowest BCUT2D eigenvalue weighted by Gasteiger charge is -2.35. The fourth-order valence-corrected chi connectivity index (χ4v) is 3.81. The second kappa shape index (κ2) is 7.68. The molecule has 0 radical (unpaired) electrons. The van der Waals surface area contributed by atoms with Crippen LogP contribution in [0.2, 0.25) is 0 Å². The third-order valence-electron chi connectivity index (χ3n) is 4.24. The summed E-state index contributed by atoms with van der Waals surface area (Å²) in [6.07, 6.45) is -4.23. The molecule has 25 heavy (non-hydrogen) atoms. The first-order chi connectivity index (χ1) is 11.9. The maximum atomic E-state index is 12.7. The molecule has 1 saturated heterocycles. The van der Waals surface area contributed by atoms with Gasteiger partial charge in [-0.3, -0.25) is 4.90 Å². The minimum Gasteiger partial charge on any atom is -0.398 e. The summed E-state index contributed by atoms with van der Waals surface area (Å²) in [4.78, 5) is 4.71. The molecule has 0 spiro atoms. The van der Waals surface area contributed by atoms with Crippen LogP contribution in [0.5, 0.6) is 0 Å². The summed E-state index contributed by atoms with van der Waals surface area (Å²) in [5.74, 6) is 0. The molecule has 0 saturated carbocycles. The van der Waals surface area contributed by atoms with E-state index in [1.807, 2.05) is 48.5 Å². The largest absolute Gasteiger partial charge is 0.460 e. The van der Waals surface area contributed by atoms with Gasteiger partial charge in [0.2, 0.25) is 0 Å². The summed E-state index contributed by atoms with van der Waals surface area (Å²) in [6.45, 7) is 1.49. The van der Waals surface area contributed by atoms with Crippen molar-refractivity contribution in [2.45, 2.75) is 22.6 Å². The average molecular weight is 367 g/mol. The Kier molecular flexibility index (Phi) is 5.56. The van der Waals surface area contributed by atoms with E-state index in [2.05, 4.69) is 4.90 Å². The van der Waals surface area contributed by atoms with E-state index in [1.54, 1.807) is 11.8 Å². The van der Waals surface area contributed by atoms with Gasteiger partial charge in [0.25, 0.3) is 0 Å². The molecule has 0 bridgehead atoms. The summed E-state index contributed by atoms with van der Waals surface area (Å²) in [5.41, 5.74) is 7.85. The molecule has 0 aromatic heterocycles. The van der Waals surface area contributed by atoms with E-state index in [0.29, 0.717) is 24.5 Å². The van der Waals surface area contributed by atoms with Crippen molar-refractivity contribution in [2.24, 2.45) is 0 Å². The standard InChI is InChI=1S/C18H20F3N3S/c19-18(20,21)24-11-9-23(10-12-24)13-14-5-1-3-7-16(14)25-17-8-4-2-6-15(17)22/h1-8H,9-13,22H2.